The first kappa shape index (κ1) is 15.0. The number of nitriles is 1. The van der Waals surface area contributed by atoms with Crippen LogP contribution in [0.1, 0.15) is 5.56 Å². The molecule has 0 heterocycles. The molecule has 0 radical (unpaired) electrons. The number of halogens is 3. The molecule has 0 spiro atoms. The van der Waals surface area contributed by atoms with Crippen molar-refractivity contribution in [3.05, 3.63) is 42.2 Å². The molecule has 100 valence electrons. The maximum atomic E-state index is 12.3. The van der Waals surface area contributed by atoms with Crippen LogP contribution in [0.4, 0.5) is 18.9 Å². The third kappa shape index (κ3) is 3.96. The van der Waals surface area contributed by atoms with Crippen molar-refractivity contribution in [2.24, 2.45) is 5.92 Å². The summed E-state index contributed by atoms with van der Waals surface area (Å²) in [5.41, 5.74) is -0.494. The number of nitrogens with one attached hydrogen (secondary N) is 1. The zero-order valence-corrected chi connectivity index (χ0v) is 10.3. The Morgan fingerprint density at radius 1 is 1.37 bits per heavy atom. The number of hydrogen-bond donors (Lipinski definition) is 2. The smallest absolute Gasteiger partial charge is 0.416 e. The average Bonchev–Trinajstić information content (AvgIpc) is 2.28. The van der Waals surface area contributed by atoms with E-state index >= 15 is 0 Å². The molecule has 2 N–H and O–H groups in total. The SMILES string of the molecule is C=C(O)C(C#N)C(=S)Nc1ccc(C(F)(F)F)cc1. The summed E-state index contributed by atoms with van der Waals surface area (Å²) in [4.78, 5) is -0.0326. The van der Waals surface area contributed by atoms with E-state index in [4.69, 9.17) is 22.6 Å². The Hall–Kier alpha value is -2.07. The minimum absolute atomic E-state index is 0.0326. The highest BCUT2D eigenvalue weighted by Gasteiger charge is 2.30. The maximum Gasteiger partial charge on any atom is 0.416 e. The van der Waals surface area contributed by atoms with Crippen LogP contribution in [0.25, 0.3) is 0 Å². The Morgan fingerprint density at radius 3 is 2.26 bits per heavy atom. The Labute approximate surface area is 113 Å². The third-order valence-corrected chi connectivity index (χ3v) is 2.54. The second kappa shape index (κ2) is 5.71. The van der Waals surface area contributed by atoms with Gasteiger partial charge in [0.2, 0.25) is 0 Å². The lowest BCUT2D eigenvalue weighted by Gasteiger charge is -2.13. The highest BCUT2D eigenvalue weighted by atomic mass is 32.1. The number of hydrogen-bond acceptors (Lipinski definition) is 3. The summed E-state index contributed by atoms with van der Waals surface area (Å²) in [5.74, 6) is -1.52. The first-order valence-corrected chi connectivity index (χ1v) is 5.42. The average molecular weight is 286 g/mol. The van der Waals surface area contributed by atoms with Crippen molar-refractivity contribution in [3.8, 4) is 6.07 Å². The lowest BCUT2D eigenvalue weighted by Crippen LogP contribution is -2.21. The zero-order valence-electron chi connectivity index (χ0n) is 9.53. The third-order valence-electron chi connectivity index (χ3n) is 2.20. The molecular formula is C12H9F3N2OS. The summed E-state index contributed by atoms with van der Waals surface area (Å²) < 4.78 is 37.0. The molecule has 0 aliphatic heterocycles. The summed E-state index contributed by atoms with van der Waals surface area (Å²) in [7, 11) is 0. The van der Waals surface area contributed by atoms with E-state index in [9.17, 15) is 13.2 Å². The molecule has 0 aliphatic carbocycles. The highest BCUT2D eigenvalue weighted by molar-refractivity contribution is 7.80. The molecule has 0 saturated carbocycles. The van der Waals surface area contributed by atoms with Crippen molar-refractivity contribution in [1.29, 1.82) is 5.26 Å². The molecule has 1 atom stereocenters. The topological polar surface area (TPSA) is 56.0 Å². The van der Waals surface area contributed by atoms with Gasteiger partial charge in [0.05, 0.1) is 11.6 Å². The second-order valence-corrected chi connectivity index (χ2v) is 4.06. The molecule has 0 saturated heterocycles. The van der Waals surface area contributed by atoms with Crippen LogP contribution in [0.2, 0.25) is 0 Å². The van der Waals surface area contributed by atoms with Gasteiger partial charge in [-0.05, 0) is 24.3 Å². The van der Waals surface area contributed by atoms with Gasteiger partial charge in [0.1, 0.15) is 10.7 Å². The van der Waals surface area contributed by atoms with E-state index < -0.39 is 23.4 Å². The molecular weight excluding hydrogens is 277 g/mol. The standard InChI is InChI=1S/C12H9F3N2OS/c1-7(18)10(6-16)11(19)17-9-4-2-8(3-5-9)12(13,14)15/h2-5,10,18H,1H2,(H,17,19). The zero-order chi connectivity index (χ0) is 14.6. The fraction of sp³-hybridized carbons (Fsp3) is 0.167. The van der Waals surface area contributed by atoms with Crippen LogP contribution in [0.5, 0.6) is 0 Å². The van der Waals surface area contributed by atoms with Crippen molar-refractivity contribution < 1.29 is 18.3 Å². The minimum atomic E-state index is -4.41. The summed E-state index contributed by atoms with van der Waals surface area (Å²) in [6, 6.07) is 5.87. The number of rotatable bonds is 3. The first-order chi connectivity index (χ1) is 8.75. The summed E-state index contributed by atoms with van der Waals surface area (Å²) in [5, 5.41) is 20.4. The minimum Gasteiger partial charge on any atom is -0.511 e. The van der Waals surface area contributed by atoms with Crippen LogP contribution in [0, 0.1) is 17.2 Å². The molecule has 19 heavy (non-hydrogen) atoms. The van der Waals surface area contributed by atoms with Gasteiger partial charge in [-0.2, -0.15) is 18.4 Å². The van der Waals surface area contributed by atoms with Gasteiger partial charge in [0.25, 0.3) is 0 Å². The molecule has 3 nitrogen and oxygen atoms in total. The van der Waals surface area contributed by atoms with E-state index in [1.165, 1.54) is 12.1 Å². The lowest BCUT2D eigenvalue weighted by atomic mass is 10.1. The fourth-order valence-electron chi connectivity index (χ4n) is 1.24. The fourth-order valence-corrected chi connectivity index (χ4v) is 1.55. The van der Waals surface area contributed by atoms with Gasteiger partial charge in [-0.15, -0.1) is 0 Å². The number of aliphatic hydroxyl groups is 1. The van der Waals surface area contributed by atoms with Crippen LogP contribution in [-0.4, -0.2) is 10.1 Å². The van der Waals surface area contributed by atoms with E-state index in [2.05, 4.69) is 11.9 Å². The second-order valence-electron chi connectivity index (χ2n) is 3.62. The number of anilines is 1. The van der Waals surface area contributed by atoms with Gasteiger partial charge >= 0.3 is 6.18 Å². The van der Waals surface area contributed by atoms with Crippen LogP contribution in [-0.2, 0) is 6.18 Å². The van der Waals surface area contributed by atoms with E-state index in [-0.39, 0.29) is 4.99 Å². The largest absolute Gasteiger partial charge is 0.511 e. The quantitative estimate of drug-likeness (QED) is 0.657. The van der Waals surface area contributed by atoms with E-state index in [1.54, 1.807) is 6.07 Å². The number of nitrogens with zero attached hydrogens (tertiary/aromatic N) is 1. The van der Waals surface area contributed by atoms with Crippen LogP contribution >= 0.6 is 12.2 Å². The molecule has 1 rings (SSSR count). The monoisotopic (exact) mass is 286 g/mol. The van der Waals surface area contributed by atoms with Crippen molar-refractivity contribution in [3.63, 3.8) is 0 Å². The summed E-state index contributed by atoms with van der Waals surface area (Å²) in [6.45, 7) is 3.19. The molecule has 1 aromatic carbocycles. The molecule has 0 fully saturated rings. The number of benzene rings is 1. The van der Waals surface area contributed by atoms with E-state index in [0.29, 0.717) is 5.69 Å². The highest BCUT2D eigenvalue weighted by Crippen LogP contribution is 2.29. The summed E-state index contributed by atoms with van der Waals surface area (Å²) >= 11 is 4.86. The Morgan fingerprint density at radius 2 is 1.89 bits per heavy atom. The normalized spacial score (nSPS) is 12.3. The van der Waals surface area contributed by atoms with E-state index in [0.717, 1.165) is 12.1 Å². The predicted molar refractivity (Wildman–Crippen MR) is 68.5 cm³/mol. The van der Waals surface area contributed by atoms with Crippen LogP contribution in [0.3, 0.4) is 0 Å². The van der Waals surface area contributed by atoms with Gasteiger partial charge in [-0.3, -0.25) is 0 Å². The van der Waals surface area contributed by atoms with Crippen molar-refractivity contribution in [2.45, 2.75) is 6.18 Å². The molecule has 1 unspecified atom stereocenters. The number of thiocarbonyl (C=S) groups is 1. The van der Waals surface area contributed by atoms with Gasteiger partial charge in [0.15, 0.2) is 5.92 Å². The van der Waals surface area contributed by atoms with Crippen molar-refractivity contribution >= 4 is 22.9 Å². The molecule has 0 aliphatic rings. The first-order valence-electron chi connectivity index (χ1n) is 5.01. The van der Waals surface area contributed by atoms with Crippen molar-refractivity contribution in [1.82, 2.24) is 0 Å². The van der Waals surface area contributed by atoms with Gasteiger partial charge in [-0.1, -0.05) is 18.8 Å². The summed E-state index contributed by atoms with van der Waals surface area (Å²) in [6.07, 6.45) is -4.41. The molecule has 1 aromatic rings. The predicted octanol–water partition coefficient (Wildman–Crippen LogP) is 3.66. The maximum absolute atomic E-state index is 12.3. The molecule has 0 aromatic heterocycles. The molecule has 0 bridgehead atoms. The molecule has 7 heteroatoms. The Balaban J connectivity index is 2.82. The Kier molecular flexibility index (Phi) is 4.51. The van der Waals surface area contributed by atoms with Crippen LogP contribution in [0.15, 0.2) is 36.6 Å². The molecule has 0 amide bonds. The number of aliphatic hydroxyl groups excluding tert-OH is 1. The van der Waals surface area contributed by atoms with Gasteiger partial charge in [-0.25, -0.2) is 0 Å². The van der Waals surface area contributed by atoms with E-state index in [1.807, 2.05) is 0 Å². The number of alkyl halides is 3. The van der Waals surface area contributed by atoms with Crippen LogP contribution < -0.4 is 5.32 Å². The lowest BCUT2D eigenvalue weighted by molar-refractivity contribution is -0.137. The van der Waals surface area contributed by atoms with Crippen molar-refractivity contribution in [2.75, 3.05) is 5.32 Å². The van der Waals surface area contributed by atoms with Gasteiger partial charge < -0.3 is 10.4 Å². The Bertz CT molecular complexity index is 531. The van der Waals surface area contributed by atoms with Gasteiger partial charge in [0, 0.05) is 5.69 Å².